The van der Waals surface area contributed by atoms with Crippen LogP contribution in [0.5, 0.6) is 0 Å². The van der Waals surface area contributed by atoms with Crippen LogP contribution in [-0.4, -0.2) is 0 Å². The molecule has 3 unspecified atom stereocenters. The highest BCUT2D eigenvalue weighted by Crippen LogP contribution is 2.26. The predicted octanol–water partition coefficient (Wildman–Crippen LogP) is 6.22. The minimum absolute atomic E-state index is 0.877. The van der Waals surface area contributed by atoms with Gasteiger partial charge in [-0.1, -0.05) is 66.0 Å². The zero-order chi connectivity index (χ0) is 13.3. The Bertz CT molecular complexity index is 192. The molecule has 0 heterocycles. The van der Waals surface area contributed by atoms with E-state index in [-0.39, 0.29) is 0 Å². The molecule has 0 heteroatoms. The molecule has 0 bridgehead atoms. The molecule has 102 valence electrons. The Labute approximate surface area is 110 Å². The van der Waals surface area contributed by atoms with Crippen molar-refractivity contribution in [3.8, 4) is 0 Å². The van der Waals surface area contributed by atoms with E-state index in [2.05, 4.69) is 41.2 Å². The summed E-state index contributed by atoms with van der Waals surface area (Å²) in [4.78, 5) is 0. The lowest BCUT2D eigenvalue weighted by molar-refractivity contribution is 0.341. The zero-order valence-corrected chi connectivity index (χ0v) is 12.9. The Morgan fingerprint density at radius 3 is 2.06 bits per heavy atom. The van der Waals surface area contributed by atoms with E-state index in [0.29, 0.717) is 0 Å². The molecule has 0 aromatic carbocycles. The van der Waals surface area contributed by atoms with Crippen LogP contribution in [0.15, 0.2) is 12.2 Å². The molecule has 0 amide bonds. The van der Waals surface area contributed by atoms with E-state index < -0.39 is 0 Å². The second-order valence-electron chi connectivity index (χ2n) is 6.01. The Balaban J connectivity index is 3.85. The van der Waals surface area contributed by atoms with Crippen molar-refractivity contribution in [2.24, 2.45) is 17.8 Å². The van der Waals surface area contributed by atoms with Gasteiger partial charge in [-0.05, 0) is 43.4 Å². The van der Waals surface area contributed by atoms with Crippen LogP contribution < -0.4 is 0 Å². The third-order valence-corrected chi connectivity index (χ3v) is 4.22. The topological polar surface area (TPSA) is 0 Å². The highest BCUT2D eigenvalue weighted by Gasteiger charge is 2.12. The molecule has 0 saturated heterocycles. The van der Waals surface area contributed by atoms with Crippen molar-refractivity contribution in [2.45, 2.75) is 79.6 Å². The summed E-state index contributed by atoms with van der Waals surface area (Å²) in [5.74, 6) is 2.67. The first kappa shape index (κ1) is 16.7. The third kappa shape index (κ3) is 8.46. The van der Waals surface area contributed by atoms with Crippen LogP contribution in [0.4, 0.5) is 0 Å². The van der Waals surface area contributed by atoms with Gasteiger partial charge >= 0.3 is 0 Å². The average Bonchev–Trinajstić information content (AvgIpc) is 2.33. The first-order valence-corrected chi connectivity index (χ1v) is 7.69. The van der Waals surface area contributed by atoms with Gasteiger partial charge in [-0.3, -0.25) is 0 Å². The van der Waals surface area contributed by atoms with Gasteiger partial charge in [-0.2, -0.15) is 0 Å². The van der Waals surface area contributed by atoms with Crippen LogP contribution in [0.3, 0.4) is 0 Å². The highest BCUT2D eigenvalue weighted by atomic mass is 14.2. The number of allylic oxidation sites excluding steroid dienone is 1. The van der Waals surface area contributed by atoms with Crippen molar-refractivity contribution in [3.63, 3.8) is 0 Å². The fourth-order valence-electron chi connectivity index (χ4n) is 2.49. The van der Waals surface area contributed by atoms with Gasteiger partial charge in [0.1, 0.15) is 0 Å². The lowest BCUT2D eigenvalue weighted by Crippen LogP contribution is -2.07. The highest BCUT2D eigenvalue weighted by molar-refractivity contribution is 4.94. The molecule has 0 nitrogen and oxygen atoms in total. The van der Waals surface area contributed by atoms with Gasteiger partial charge in [0.2, 0.25) is 0 Å². The van der Waals surface area contributed by atoms with Crippen molar-refractivity contribution in [1.82, 2.24) is 0 Å². The monoisotopic (exact) mass is 238 g/mol. The standard InChI is InChI=1S/C17H34/c1-7-14(4)12-16(6)10-11-17(9-3)13-15(5)8-2/h14,16-17H,5,7-13H2,1-4,6H3. The van der Waals surface area contributed by atoms with Crippen LogP contribution in [-0.2, 0) is 0 Å². The van der Waals surface area contributed by atoms with Crippen molar-refractivity contribution in [3.05, 3.63) is 12.2 Å². The molecule has 0 rings (SSSR count). The molecule has 3 atom stereocenters. The molecule has 0 fully saturated rings. The molecule has 0 aliphatic rings. The summed E-state index contributed by atoms with van der Waals surface area (Å²) in [6.07, 6.45) is 9.25. The summed E-state index contributed by atoms with van der Waals surface area (Å²) in [5, 5.41) is 0. The van der Waals surface area contributed by atoms with Crippen LogP contribution in [0.1, 0.15) is 79.6 Å². The van der Waals surface area contributed by atoms with Gasteiger partial charge in [0.15, 0.2) is 0 Å². The molecule has 0 spiro atoms. The van der Waals surface area contributed by atoms with E-state index in [1.54, 1.807) is 0 Å². The molecule has 17 heavy (non-hydrogen) atoms. The van der Waals surface area contributed by atoms with Gasteiger partial charge in [0.25, 0.3) is 0 Å². The molecular weight excluding hydrogens is 204 g/mol. The minimum atomic E-state index is 0.877. The second-order valence-corrected chi connectivity index (χ2v) is 6.01. The molecule has 0 radical (unpaired) electrons. The van der Waals surface area contributed by atoms with E-state index in [4.69, 9.17) is 0 Å². The summed E-state index contributed by atoms with van der Waals surface area (Å²) < 4.78 is 0. The van der Waals surface area contributed by atoms with E-state index in [1.165, 1.54) is 44.1 Å². The Morgan fingerprint density at radius 1 is 0.941 bits per heavy atom. The van der Waals surface area contributed by atoms with Gasteiger partial charge < -0.3 is 0 Å². The molecule has 0 saturated carbocycles. The molecule has 0 aromatic heterocycles. The van der Waals surface area contributed by atoms with Crippen molar-refractivity contribution in [2.75, 3.05) is 0 Å². The minimum Gasteiger partial charge on any atom is -0.0999 e. The van der Waals surface area contributed by atoms with E-state index in [9.17, 15) is 0 Å². The smallest absolute Gasteiger partial charge is 0.0295 e. The van der Waals surface area contributed by atoms with Crippen LogP contribution >= 0.6 is 0 Å². The van der Waals surface area contributed by atoms with Gasteiger partial charge in [0, 0.05) is 0 Å². The van der Waals surface area contributed by atoms with Crippen molar-refractivity contribution < 1.29 is 0 Å². The molecule has 0 aromatic rings. The molecular formula is C17H34. The number of rotatable bonds is 10. The van der Waals surface area contributed by atoms with E-state index in [1.807, 2.05) is 0 Å². The maximum absolute atomic E-state index is 4.15. The van der Waals surface area contributed by atoms with Crippen LogP contribution in [0.2, 0.25) is 0 Å². The summed E-state index contributed by atoms with van der Waals surface area (Å²) in [6.45, 7) is 15.8. The largest absolute Gasteiger partial charge is 0.0999 e. The van der Waals surface area contributed by atoms with Crippen LogP contribution in [0.25, 0.3) is 0 Å². The first-order valence-electron chi connectivity index (χ1n) is 7.69. The van der Waals surface area contributed by atoms with Gasteiger partial charge in [-0.15, -0.1) is 0 Å². The average molecular weight is 238 g/mol. The SMILES string of the molecule is C=C(CC)CC(CC)CCC(C)CC(C)CC. The fraction of sp³-hybridized carbons (Fsp3) is 0.882. The van der Waals surface area contributed by atoms with Crippen molar-refractivity contribution in [1.29, 1.82) is 0 Å². The van der Waals surface area contributed by atoms with Gasteiger partial charge in [-0.25, -0.2) is 0 Å². The predicted molar refractivity (Wildman–Crippen MR) is 80.3 cm³/mol. The third-order valence-electron chi connectivity index (χ3n) is 4.22. The first-order chi connectivity index (χ1) is 8.03. The summed E-state index contributed by atoms with van der Waals surface area (Å²) in [6, 6.07) is 0. The van der Waals surface area contributed by atoms with Gasteiger partial charge in [0.05, 0.1) is 0 Å². The van der Waals surface area contributed by atoms with Crippen LogP contribution in [0, 0.1) is 17.8 Å². The lowest BCUT2D eigenvalue weighted by Gasteiger charge is -2.20. The number of hydrogen-bond donors (Lipinski definition) is 0. The molecule has 0 aliphatic carbocycles. The van der Waals surface area contributed by atoms with E-state index >= 15 is 0 Å². The quantitative estimate of drug-likeness (QED) is 0.396. The zero-order valence-electron chi connectivity index (χ0n) is 12.9. The summed E-state index contributed by atoms with van der Waals surface area (Å²) in [5.41, 5.74) is 1.44. The maximum atomic E-state index is 4.15. The fourth-order valence-corrected chi connectivity index (χ4v) is 2.49. The maximum Gasteiger partial charge on any atom is -0.0295 e. The summed E-state index contributed by atoms with van der Waals surface area (Å²) in [7, 11) is 0. The Hall–Kier alpha value is -0.260. The number of hydrogen-bond acceptors (Lipinski definition) is 0. The Morgan fingerprint density at radius 2 is 1.59 bits per heavy atom. The lowest BCUT2D eigenvalue weighted by atomic mass is 9.86. The van der Waals surface area contributed by atoms with Crippen molar-refractivity contribution >= 4 is 0 Å². The molecule has 0 aliphatic heterocycles. The Kier molecular flexibility index (Phi) is 9.59. The van der Waals surface area contributed by atoms with E-state index in [0.717, 1.165) is 24.2 Å². The normalized spacial score (nSPS) is 16.5. The molecule has 0 N–H and O–H groups in total. The second kappa shape index (κ2) is 9.74. The summed E-state index contributed by atoms with van der Waals surface area (Å²) >= 11 is 0.